The van der Waals surface area contributed by atoms with Crippen molar-refractivity contribution in [2.45, 2.75) is 45.8 Å². The van der Waals surface area contributed by atoms with Gasteiger partial charge in [-0.15, -0.1) is 0 Å². The summed E-state index contributed by atoms with van der Waals surface area (Å²) in [6.45, 7) is 8.08. The molecule has 1 aliphatic rings. The van der Waals surface area contributed by atoms with Crippen molar-refractivity contribution in [3.05, 3.63) is 53.1 Å². The molecule has 0 saturated carbocycles. The quantitative estimate of drug-likeness (QED) is 0.862. The summed E-state index contributed by atoms with van der Waals surface area (Å²) in [5.74, 6) is 2.04. The molecule has 0 fully saturated rings. The number of nitrogens with one attached hydrogen (secondary N) is 1. The second-order valence-corrected chi connectivity index (χ2v) is 7.62. The van der Waals surface area contributed by atoms with Crippen LogP contribution in [0.25, 0.3) is 0 Å². The Labute approximate surface area is 160 Å². The van der Waals surface area contributed by atoms with E-state index >= 15 is 0 Å². The Hall–Kier alpha value is -2.69. The highest BCUT2D eigenvalue weighted by Gasteiger charge is 2.34. The van der Waals surface area contributed by atoms with E-state index in [9.17, 15) is 4.79 Å². The van der Waals surface area contributed by atoms with E-state index in [1.165, 1.54) is 5.56 Å². The maximum atomic E-state index is 12.5. The number of benzene rings is 2. The van der Waals surface area contributed by atoms with Gasteiger partial charge in [0, 0.05) is 12.0 Å². The monoisotopic (exact) mass is 369 g/mol. The molecule has 2 aromatic rings. The highest BCUT2D eigenvalue weighted by Crippen LogP contribution is 2.41. The third-order valence-corrected chi connectivity index (χ3v) is 4.86. The normalized spacial score (nSPS) is 17.4. The van der Waals surface area contributed by atoms with Crippen molar-refractivity contribution in [2.75, 3.05) is 13.7 Å². The van der Waals surface area contributed by atoms with Crippen LogP contribution in [0, 0.1) is 13.8 Å². The first-order valence-electron chi connectivity index (χ1n) is 9.14. The molecule has 2 aromatic carbocycles. The predicted octanol–water partition coefficient (Wildman–Crippen LogP) is 4.11. The highest BCUT2D eigenvalue weighted by atomic mass is 16.5. The number of hydrogen-bond donors (Lipinski definition) is 1. The summed E-state index contributed by atoms with van der Waals surface area (Å²) < 4.78 is 17.0. The van der Waals surface area contributed by atoms with Gasteiger partial charge in [0.15, 0.2) is 6.61 Å². The number of hydrogen-bond acceptors (Lipinski definition) is 4. The molecule has 5 nitrogen and oxygen atoms in total. The molecule has 1 amide bonds. The van der Waals surface area contributed by atoms with Crippen LogP contribution in [0.1, 0.15) is 43.0 Å². The number of ether oxygens (including phenoxy) is 3. The van der Waals surface area contributed by atoms with E-state index in [2.05, 4.69) is 5.32 Å². The summed E-state index contributed by atoms with van der Waals surface area (Å²) in [6.07, 6.45) is 0.669. The summed E-state index contributed by atoms with van der Waals surface area (Å²) >= 11 is 0. The Bertz CT molecular complexity index is 844. The van der Waals surface area contributed by atoms with E-state index in [1.54, 1.807) is 7.11 Å². The summed E-state index contributed by atoms with van der Waals surface area (Å²) in [4.78, 5) is 12.5. The van der Waals surface area contributed by atoms with Gasteiger partial charge in [-0.05, 0) is 69.2 Å². The minimum Gasteiger partial charge on any atom is -0.497 e. The minimum atomic E-state index is -0.367. The molecule has 0 spiro atoms. The van der Waals surface area contributed by atoms with Crippen molar-refractivity contribution in [1.29, 1.82) is 0 Å². The van der Waals surface area contributed by atoms with E-state index in [0.717, 1.165) is 22.6 Å². The van der Waals surface area contributed by atoms with Gasteiger partial charge >= 0.3 is 0 Å². The second-order valence-electron chi connectivity index (χ2n) is 7.62. The number of carbonyl (C=O) groups is 1. The van der Waals surface area contributed by atoms with Crippen LogP contribution in [-0.4, -0.2) is 25.2 Å². The van der Waals surface area contributed by atoms with E-state index < -0.39 is 0 Å². The molecule has 1 atom stereocenters. The van der Waals surface area contributed by atoms with Crippen LogP contribution < -0.4 is 19.5 Å². The van der Waals surface area contributed by atoms with Crippen LogP contribution >= 0.6 is 0 Å². The smallest absolute Gasteiger partial charge is 0.258 e. The molecule has 1 heterocycles. The summed E-state index contributed by atoms with van der Waals surface area (Å²) in [5, 5.41) is 3.08. The van der Waals surface area contributed by atoms with Gasteiger partial charge in [0.05, 0.1) is 13.2 Å². The lowest BCUT2D eigenvalue weighted by molar-refractivity contribution is -0.124. The van der Waals surface area contributed by atoms with Gasteiger partial charge in [0.1, 0.15) is 22.8 Å². The zero-order valence-corrected chi connectivity index (χ0v) is 16.6. The Morgan fingerprint density at radius 2 is 1.89 bits per heavy atom. The van der Waals surface area contributed by atoms with Crippen LogP contribution in [0.4, 0.5) is 0 Å². The zero-order chi connectivity index (χ0) is 19.6. The fraction of sp³-hybridized carbons (Fsp3) is 0.409. The van der Waals surface area contributed by atoms with Crippen molar-refractivity contribution in [3.8, 4) is 17.2 Å². The van der Waals surface area contributed by atoms with E-state index in [4.69, 9.17) is 14.2 Å². The topological polar surface area (TPSA) is 56.8 Å². The van der Waals surface area contributed by atoms with E-state index in [0.29, 0.717) is 12.2 Å². The van der Waals surface area contributed by atoms with Gasteiger partial charge in [-0.1, -0.05) is 6.07 Å². The minimum absolute atomic E-state index is 0.0282. The van der Waals surface area contributed by atoms with E-state index in [1.807, 2.05) is 64.1 Å². The van der Waals surface area contributed by atoms with Crippen LogP contribution in [-0.2, 0) is 4.79 Å². The lowest BCUT2D eigenvalue weighted by atomic mass is 9.89. The fourth-order valence-corrected chi connectivity index (χ4v) is 3.28. The number of methoxy groups -OCH3 is 1. The van der Waals surface area contributed by atoms with Crippen LogP contribution in [0.5, 0.6) is 17.2 Å². The van der Waals surface area contributed by atoms with Gasteiger partial charge in [-0.25, -0.2) is 0 Å². The maximum Gasteiger partial charge on any atom is 0.258 e. The average Bonchev–Trinajstić information content (AvgIpc) is 2.61. The molecule has 1 unspecified atom stereocenters. The largest absolute Gasteiger partial charge is 0.497 e. The molecule has 0 aliphatic carbocycles. The molecule has 3 rings (SSSR count). The second kappa shape index (κ2) is 7.51. The highest BCUT2D eigenvalue weighted by molar-refractivity contribution is 5.78. The average molecular weight is 369 g/mol. The third kappa shape index (κ3) is 4.54. The van der Waals surface area contributed by atoms with E-state index in [-0.39, 0.29) is 24.2 Å². The number of rotatable bonds is 5. The lowest BCUT2D eigenvalue weighted by Crippen LogP contribution is -2.42. The molecular formula is C22H27NO4. The predicted molar refractivity (Wildman–Crippen MR) is 105 cm³/mol. The van der Waals surface area contributed by atoms with Crippen molar-refractivity contribution in [1.82, 2.24) is 5.32 Å². The number of amides is 1. The summed E-state index contributed by atoms with van der Waals surface area (Å²) in [5.41, 5.74) is 2.89. The molecule has 0 saturated heterocycles. The summed E-state index contributed by atoms with van der Waals surface area (Å²) in [7, 11) is 1.63. The molecule has 0 aromatic heterocycles. The number of carbonyl (C=O) groups excluding carboxylic acids is 1. The number of aryl methyl sites for hydroxylation is 2. The molecule has 144 valence electrons. The summed E-state index contributed by atoms with van der Waals surface area (Å²) in [6, 6.07) is 11.3. The Kier molecular flexibility index (Phi) is 5.31. The Balaban J connectivity index is 1.70. The zero-order valence-electron chi connectivity index (χ0n) is 16.6. The third-order valence-electron chi connectivity index (χ3n) is 4.86. The lowest BCUT2D eigenvalue weighted by Gasteiger charge is -2.38. The molecular weight excluding hydrogens is 342 g/mol. The Morgan fingerprint density at radius 3 is 2.59 bits per heavy atom. The fourth-order valence-electron chi connectivity index (χ4n) is 3.28. The van der Waals surface area contributed by atoms with Gasteiger partial charge in [0.2, 0.25) is 0 Å². The van der Waals surface area contributed by atoms with Crippen molar-refractivity contribution < 1.29 is 19.0 Å². The molecule has 27 heavy (non-hydrogen) atoms. The van der Waals surface area contributed by atoms with Crippen LogP contribution in [0.2, 0.25) is 0 Å². The maximum absolute atomic E-state index is 12.5. The van der Waals surface area contributed by atoms with Gasteiger partial charge in [-0.3, -0.25) is 4.79 Å². The Morgan fingerprint density at radius 1 is 1.15 bits per heavy atom. The number of fused-ring (bicyclic) bond motifs is 1. The van der Waals surface area contributed by atoms with Crippen molar-refractivity contribution in [2.24, 2.45) is 0 Å². The van der Waals surface area contributed by atoms with Crippen LogP contribution in [0.3, 0.4) is 0 Å². The first-order chi connectivity index (χ1) is 12.8. The van der Waals surface area contributed by atoms with Gasteiger partial charge in [-0.2, -0.15) is 0 Å². The first-order valence-corrected chi connectivity index (χ1v) is 9.14. The van der Waals surface area contributed by atoms with Crippen LogP contribution in [0.15, 0.2) is 36.4 Å². The SMILES string of the molecule is COc1ccc2c(c1)C(NC(=O)COc1ccc(C)c(C)c1)CC(C)(C)O2. The van der Waals surface area contributed by atoms with Gasteiger partial charge in [0.25, 0.3) is 5.91 Å². The molecule has 0 bridgehead atoms. The van der Waals surface area contributed by atoms with Crippen molar-refractivity contribution >= 4 is 5.91 Å². The first kappa shape index (κ1) is 19.1. The molecule has 0 radical (unpaired) electrons. The van der Waals surface area contributed by atoms with Gasteiger partial charge < -0.3 is 19.5 Å². The standard InChI is InChI=1S/C22H27NO4/c1-14-6-7-17(10-15(14)2)26-13-21(24)23-19-12-22(3,4)27-20-9-8-16(25-5)11-18(19)20/h6-11,19H,12-13H2,1-5H3,(H,23,24). The van der Waals surface area contributed by atoms with Crippen molar-refractivity contribution in [3.63, 3.8) is 0 Å². The molecule has 1 aliphatic heterocycles. The molecule has 5 heteroatoms. The molecule has 1 N–H and O–H groups in total.